The molecular weight excluding hydrogens is 264 g/mol. The number of nitrogen functional groups attached to an aromatic ring is 1. The largest absolute Gasteiger partial charge is 0.478 e. The summed E-state index contributed by atoms with van der Waals surface area (Å²) in [7, 11) is 0. The van der Waals surface area contributed by atoms with Gasteiger partial charge in [0.2, 0.25) is 0 Å². The van der Waals surface area contributed by atoms with Crippen LogP contribution in [0.5, 0.6) is 0 Å². The molecule has 0 saturated heterocycles. The molecule has 0 aliphatic heterocycles. The summed E-state index contributed by atoms with van der Waals surface area (Å²) in [5, 5.41) is 13.0. The highest BCUT2D eigenvalue weighted by Gasteiger charge is 2.15. The minimum Gasteiger partial charge on any atom is -0.478 e. The second-order valence-corrected chi connectivity index (χ2v) is 5.37. The number of aromatic carboxylic acids is 1. The third-order valence-electron chi connectivity index (χ3n) is 2.58. The van der Waals surface area contributed by atoms with Crippen LogP contribution in [0.1, 0.15) is 33.2 Å². The fraction of sp³-hybridized carbons (Fsp3) is 0.250. The highest BCUT2D eigenvalue weighted by Crippen LogP contribution is 2.26. The zero-order valence-electron chi connectivity index (χ0n) is 10.5. The van der Waals surface area contributed by atoms with Crippen LogP contribution in [0.15, 0.2) is 18.5 Å². The number of thiazole rings is 1. The number of anilines is 2. The first kappa shape index (κ1) is 13.3. The maximum atomic E-state index is 11.0. The van der Waals surface area contributed by atoms with E-state index in [1.165, 1.54) is 12.3 Å². The number of aromatic nitrogens is 2. The number of carboxylic acids is 1. The average Bonchev–Trinajstić information content (AvgIpc) is 2.78. The van der Waals surface area contributed by atoms with Gasteiger partial charge in [0.1, 0.15) is 5.01 Å². The van der Waals surface area contributed by atoms with Gasteiger partial charge < -0.3 is 16.2 Å². The summed E-state index contributed by atoms with van der Waals surface area (Å²) >= 11 is 1.57. The molecule has 0 saturated carbocycles. The summed E-state index contributed by atoms with van der Waals surface area (Å²) in [5.74, 6) is -0.707. The minimum atomic E-state index is -1.07. The van der Waals surface area contributed by atoms with Crippen LogP contribution in [0.2, 0.25) is 0 Å². The lowest BCUT2D eigenvalue weighted by Gasteiger charge is -2.14. The Morgan fingerprint density at radius 3 is 2.84 bits per heavy atom. The fourth-order valence-electron chi connectivity index (χ4n) is 1.61. The molecule has 0 fully saturated rings. The molecule has 1 unspecified atom stereocenters. The molecule has 7 heteroatoms. The van der Waals surface area contributed by atoms with Crippen molar-refractivity contribution in [1.29, 1.82) is 0 Å². The first-order valence-electron chi connectivity index (χ1n) is 5.65. The van der Waals surface area contributed by atoms with Crippen LogP contribution in [0.3, 0.4) is 0 Å². The first-order valence-corrected chi connectivity index (χ1v) is 6.47. The molecule has 2 aromatic rings. The number of rotatable bonds is 4. The lowest BCUT2D eigenvalue weighted by molar-refractivity contribution is 0.0698. The van der Waals surface area contributed by atoms with Crippen molar-refractivity contribution in [2.45, 2.75) is 19.9 Å². The van der Waals surface area contributed by atoms with Crippen molar-refractivity contribution in [3.8, 4) is 0 Å². The zero-order chi connectivity index (χ0) is 14.0. The van der Waals surface area contributed by atoms with E-state index >= 15 is 0 Å². The summed E-state index contributed by atoms with van der Waals surface area (Å²) in [6.07, 6.45) is 3.21. The van der Waals surface area contributed by atoms with Crippen molar-refractivity contribution >= 4 is 28.8 Å². The summed E-state index contributed by atoms with van der Waals surface area (Å²) in [6.45, 7) is 3.90. The molecule has 0 aliphatic rings. The summed E-state index contributed by atoms with van der Waals surface area (Å²) in [5.41, 5.74) is 5.97. The van der Waals surface area contributed by atoms with E-state index in [2.05, 4.69) is 15.3 Å². The molecule has 6 nitrogen and oxygen atoms in total. The number of hydrogen-bond donors (Lipinski definition) is 3. The van der Waals surface area contributed by atoms with E-state index in [-0.39, 0.29) is 17.3 Å². The van der Waals surface area contributed by atoms with E-state index < -0.39 is 5.97 Å². The highest BCUT2D eigenvalue weighted by molar-refractivity contribution is 7.11. The van der Waals surface area contributed by atoms with Crippen molar-refractivity contribution in [3.05, 3.63) is 33.9 Å². The van der Waals surface area contributed by atoms with Gasteiger partial charge in [-0.2, -0.15) is 0 Å². The normalized spacial score (nSPS) is 12.1. The molecule has 0 aromatic carbocycles. The molecule has 2 heterocycles. The van der Waals surface area contributed by atoms with E-state index in [0.29, 0.717) is 5.82 Å². The van der Waals surface area contributed by atoms with E-state index in [9.17, 15) is 4.79 Å². The van der Waals surface area contributed by atoms with Gasteiger partial charge >= 0.3 is 5.97 Å². The number of pyridine rings is 1. The molecule has 0 bridgehead atoms. The summed E-state index contributed by atoms with van der Waals surface area (Å²) < 4.78 is 0. The van der Waals surface area contributed by atoms with Crippen molar-refractivity contribution in [1.82, 2.24) is 9.97 Å². The topological polar surface area (TPSA) is 101 Å². The first-order chi connectivity index (χ1) is 8.99. The Hall–Kier alpha value is -2.15. The third-order valence-corrected chi connectivity index (χ3v) is 3.68. The predicted molar refractivity (Wildman–Crippen MR) is 74.5 cm³/mol. The van der Waals surface area contributed by atoms with Crippen LogP contribution >= 0.6 is 11.3 Å². The Bertz CT molecular complexity index is 612. The molecule has 0 radical (unpaired) electrons. The van der Waals surface area contributed by atoms with Gasteiger partial charge in [-0.1, -0.05) is 0 Å². The van der Waals surface area contributed by atoms with Gasteiger partial charge in [-0.15, -0.1) is 11.3 Å². The van der Waals surface area contributed by atoms with Crippen LogP contribution in [0, 0.1) is 6.92 Å². The van der Waals surface area contributed by atoms with Gasteiger partial charge in [0, 0.05) is 17.3 Å². The smallest absolute Gasteiger partial charge is 0.337 e. The van der Waals surface area contributed by atoms with E-state index in [4.69, 9.17) is 10.8 Å². The molecule has 100 valence electrons. The van der Waals surface area contributed by atoms with Gasteiger partial charge in [0.25, 0.3) is 0 Å². The number of carboxylic acid groups (broad SMARTS) is 1. The second-order valence-electron chi connectivity index (χ2n) is 4.10. The number of carbonyl (C=O) groups is 1. The third kappa shape index (κ3) is 2.82. The lowest BCUT2D eigenvalue weighted by atomic mass is 10.2. The van der Waals surface area contributed by atoms with Crippen molar-refractivity contribution in [2.75, 3.05) is 11.1 Å². The molecule has 2 aromatic heterocycles. The van der Waals surface area contributed by atoms with Gasteiger partial charge in [-0.05, 0) is 19.9 Å². The summed E-state index contributed by atoms with van der Waals surface area (Å²) in [6, 6.07) is 1.29. The Morgan fingerprint density at radius 1 is 1.53 bits per heavy atom. The van der Waals surface area contributed by atoms with Crippen LogP contribution in [-0.2, 0) is 0 Å². The van der Waals surface area contributed by atoms with Gasteiger partial charge in [-0.25, -0.2) is 14.8 Å². The molecule has 0 spiro atoms. The zero-order valence-corrected chi connectivity index (χ0v) is 11.4. The maximum absolute atomic E-state index is 11.0. The van der Waals surface area contributed by atoms with Gasteiger partial charge in [-0.3, -0.25) is 0 Å². The SMILES string of the molecule is Cc1cnc(C(C)Nc2nccc(C(=O)O)c2N)s1. The summed E-state index contributed by atoms with van der Waals surface area (Å²) in [4.78, 5) is 20.4. The average molecular weight is 278 g/mol. The van der Waals surface area contributed by atoms with E-state index in [0.717, 1.165) is 9.88 Å². The van der Waals surface area contributed by atoms with Crippen LogP contribution in [-0.4, -0.2) is 21.0 Å². The second kappa shape index (κ2) is 5.23. The molecule has 19 heavy (non-hydrogen) atoms. The quantitative estimate of drug-likeness (QED) is 0.793. The van der Waals surface area contributed by atoms with Crippen LogP contribution in [0.4, 0.5) is 11.5 Å². The number of hydrogen-bond acceptors (Lipinski definition) is 6. The number of nitrogens with zero attached hydrogens (tertiary/aromatic N) is 2. The Labute approximate surface area is 114 Å². The van der Waals surface area contributed by atoms with Gasteiger partial charge in [0.15, 0.2) is 5.82 Å². The molecule has 4 N–H and O–H groups in total. The highest BCUT2D eigenvalue weighted by atomic mass is 32.1. The number of nitrogens with one attached hydrogen (secondary N) is 1. The Morgan fingerprint density at radius 2 is 2.26 bits per heavy atom. The number of nitrogens with two attached hydrogens (primary N) is 1. The lowest BCUT2D eigenvalue weighted by Crippen LogP contribution is -2.12. The molecule has 2 rings (SSSR count). The molecule has 1 atom stereocenters. The minimum absolute atomic E-state index is 0.0417. The standard InChI is InChI=1S/C12H14N4O2S/c1-6-5-15-11(19-6)7(2)16-10-9(13)8(12(17)18)3-4-14-10/h3-5,7H,13H2,1-2H3,(H,14,16)(H,17,18). The van der Waals surface area contributed by atoms with Crippen molar-refractivity contribution in [2.24, 2.45) is 0 Å². The van der Waals surface area contributed by atoms with E-state index in [1.807, 2.05) is 13.8 Å². The van der Waals surface area contributed by atoms with Crippen molar-refractivity contribution in [3.63, 3.8) is 0 Å². The number of aryl methyl sites for hydroxylation is 1. The monoisotopic (exact) mass is 278 g/mol. The van der Waals surface area contributed by atoms with Crippen LogP contribution < -0.4 is 11.1 Å². The van der Waals surface area contributed by atoms with Gasteiger partial charge in [0.05, 0.1) is 17.3 Å². The molecular formula is C12H14N4O2S. The fourth-order valence-corrected chi connectivity index (χ4v) is 2.39. The Balaban J connectivity index is 2.24. The van der Waals surface area contributed by atoms with E-state index in [1.54, 1.807) is 17.5 Å². The predicted octanol–water partition coefficient (Wildman–Crippen LogP) is 2.30. The maximum Gasteiger partial charge on any atom is 0.337 e. The molecule has 0 aliphatic carbocycles. The molecule has 0 amide bonds. The Kier molecular flexibility index (Phi) is 3.66. The van der Waals surface area contributed by atoms with Crippen LogP contribution in [0.25, 0.3) is 0 Å². The van der Waals surface area contributed by atoms with Crippen molar-refractivity contribution < 1.29 is 9.90 Å².